The van der Waals surface area contributed by atoms with Gasteiger partial charge < -0.3 is 9.84 Å². The first-order chi connectivity index (χ1) is 11.5. The molecule has 2 heterocycles. The van der Waals surface area contributed by atoms with E-state index < -0.39 is 0 Å². The van der Waals surface area contributed by atoms with Crippen LogP contribution in [-0.2, 0) is 6.54 Å². The first-order valence-electron chi connectivity index (χ1n) is 7.92. The van der Waals surface area contributed by atoms with E-state index in [4.69, 9.17) is 4.74 Å². The second-order valence-corrected chi connectivity index (χ2v) is 7.24. The Hall–Kier alpha value is -1.89. The second-order valence-electron chi connectivity index (χ2n) is 6.02. The van der Waals surface area contributed by atoms with Crippen LogP contribution in [0.4, 0.5) is 0 Å². The van der Waals surface area contributed by atoms with Gasteiger partial charge in [0, 0.05) is 17.6 Å². The average Bonchev–Trinajstić information content (AvgIpc) is 3.05. The lowest BCUT2D eigenvalue weighted by Crippen LogP contribution is -2.27. The van der Waals surface area contributed by atoms with Crippen molar-refractivity contribution < 1.29 is 9.84 Å². The highest BCUT2D eigenvalue weighted by molar-refractivity contribution is 7.17. The summed E-state index contributed by atoms with van der Waals surface area (Å²) in [6.45, 7) is 4.92. The molecule has 0 aliphatic carbocycles. The molecule has 0 aliphatic rings. The van der Waals surface area contributed by atoms with Crippen LogP contribution in [0.15, 0.2) is 30.5 Å². The highest BCUT2D eigenvalue weighted by Crippen LogP contribution is 2.26. The van der Waals surface area contributed by atoms with E-state index in [-0.39, 0.29) is 12.6 Å². The van der Waals surface area contributed by atoms with Crippen LogP contribution in [0.1, 0.15) is 27.9 Å². The minimum atomic E-state index is -0.0689. The lowest BCUT2D eigenvalue weighted by molar-refractivity contribution is 0.141. The zero-order valence-electron chi connectivity index (χ0n) is 14.5. The van der Waals surface area contributed by atoms with Crippen molar-refractivity contribution in [1.29, 1.82) is 0 Å². The van der Waals surface area contributed by atoms with Gasteiger partial charge in [-0.25, -0.2) is 4.98 Å². The van der Waals surface area contributed by atoms with Crippen LogP contribution >= 0.6 is 11.3 Å². The van der Waals surface area contributed by atoms with Crippen LogP contribution in [0, 0.1) is 13.8 Å². The summed E-state index contributed by atoms with van der Waals surface area (Å²) in [6, 6.07) is 7.79. The standard InChI is InChI=1S/C18H23N3O2S/c1-12-9-21-16(13(2)19-18(21)24-12)10-20(3)17(11-22)14-5-7-15(23-4)8-6-14/h5-9,17,22H,10-11H2,1-4H3/t17-/m1/s1. The second kappa shape index (κ2) is 6.93. The highest BCUT2D eigenvalue weighted by Gasteiger charge is 2.20. The van der Waals surface area contributed by atoms with Crippen LogP contribution in [0.5, 0.6) is 5.75 Å². The zero-order chi connectivity index (χ0) is 17.3. The Morgan fingerprint density at radius 1 is 1.29 bits per heavy atom. The van der Waals surface area contributed by atoms with E-state index in [2.05, 4.69) is 27.4 Å². The molecule has 1 N–H and O–H groups in total. The van der Waals surface area contributed by atoms with Gasteiger partial charge in [0.05, 0.1) is 31.1 Å². The Morgan fingerprint density at radius 3 is 2.62 bits per heavy atom. The fourth-order valence-electron chi connectivity index (χ4n) is 2.97. The Morgan fingerprint density at radius 2 is 2.00 bits per heavy atom. The molecule has 0 amide bonds. The number of likely N-dealkylation sites (N-methyl/N-ethyl adjacent to an activating group) is 1. The maximum atomic E-state index is 9.90. The number of fused-ring (bicyclic) bond motifs is 1. The van der Waals surface area contributed by atoms with E-state index in [9.17, 15) is 5.11 Å². The van der Waals surface area contributed by atoms with Crippen molar-refractivity contribution in [1.82, 2.24) is 14.3 Å². The van der Waals surface area contributed by atoms with Crippen LogP contribution in [0.3, 0.4) is 0 Å². The Balaban J connectivity index is 1.85. The number of imidazole rings is 1. The molecule has 0 spiro atoms. The molecule has 24 heavy (non-hydrogen) atoms. The number of thiazole rings is 1. The van der Waals surface area contributed by atoms with Crippen molar-refractivity contribution in [3.8, 4) is 5.75 Å². The number of nitrogens with zero attached hydrogens (tertiary/aromatic N) is 3. The Kier molecular flexibility index (Phi) is 4.89. The molecular weight excluding hydrogens is 322 g/mol. The van der Waals surface area contributed by atoms with E-state index in [1.807, 2.05) is 38.2 Å². The summed E-state index contributed by atoms with van der Waals surface area (Å²) in [5.41, 5.74) is 3.28. The Labute approximate surface area is 146 Å². The topological polar surface area (TPSA) is 50.0 Å². The summed E-state index contributed by atoms with van der Waals surface area (Å²) in [6.07, 6.45) is 2.13. The number of aryl methyl sites for hydroxylation is 2. The van der Waals surface area contributed by atoms with Crippen LogP contribution in [0.25, 0.3) is 4.96 Å². The maximum absolute atomic E-state index is 9.90. The highest BCUT2D eigenvalue weighted by atomic mass is 32.1. The van der Waals surface area contributed by atoms with Gasteiger partial charge in [-0.05, 0) is 38.6 Å². The van der Waals surface area contributed by atoms with Gasteiger partial charge in [-0.15, -0.1) is 11.3 Å². The normalized spacial score (nSPS) is 12.9. The lowest BCUT2D eigenvalue weighted by atomic mass is 10.1. The molecule has 0 unspecified atom stereocenters. The van der Waals surface area contributed by atoms with Gasteiger partial charge >= 0.3 is 0 Å². The lowest BCUT2D eigenvalue weighted by Gasteiger charge is -2.27. The molecule has 3 rings (SSSR count). The first-order valence-corrected chi connectivity index (χ1v) is 8.74. The third-order valence-corrected chi connectivity index (χ3v) is 5.24. The number of methoxy groups -OCH3 is 1. The van der Waals surface area contributed by atoms with Crippen molar-refractivity contribution in [2.75, 3.05) is 20.8 Å². The first kappa shape index (κ1) is 17.0. The van der Waals surface area contributed by atoms with Gasteiger partial charge in [-0.3, -0.25) is 9.30 Å². The summed E-state index contributed by atoms with van der Waals surface area (Å²) >= 11 is 1.70. The number of hydrogen-bond acceptors (Lipinski definition) is 5. The predicted octanol–water partition coefficient (Wildman–Crippen LogP) is 3.19. The molecule has 1 atom stereocenters. The number of aliphatic hydroxyl groups is 1. The molecule has 0 saturated heterocycles. The number of aromatic nitrogens is 2. The van der Waals surface area contributed by atoms with E-state index in [1.165, 1.54) is 10.6 Å². The van der Waals surface area contributed by atoms with Crippen LogP contribution < -0.4 is 4.74 Å². The molecule has 0 fully saturated rings. The summed E-state index contributed by atoms with van der Waals surface area (Å²) in [5.74, 6) is 0.820. The summed E-state index contributed by atoms with van der Waals surface area (Å²) in [7, 11) is 3.68. The number of benzene rings is 1. The SMILES string of the molecule is COc1ccc([C@@H](CO)N(C)Cc2c(C)nc3sc(C)cn23)cc1. The van der Waals surface area contributed by atoms with Crippen molar-refractivity contribution in [2.45, 2.75) is 26.4 Å². The molecule has 3 aromatic rings. The molecule has 0 saturated carbocycles. The summed E-state index contributed by atoms with van der Waals surface area (Å²) in [4.78, 5) is 9.07. The van der Waals surface area contributed by atoms with E-state index >= 15 is 0 Å². The molecule has 5 nitrogen and oxygen atoms in total. The summed E-state index contributed by atoms with van der Waals surface area (Å²) < 4.78 is 7.37. The van der Waals surface area contributed by atoms with Crippen LogP contribution in [-0.4, -0.2) is 40.2 Å². The smallest absolute Gasteiger partial charge is 0.194 e. The summed E-state index contributed by atoms with van der Waals surface area (Å²) in [5, 5.41) is 9.90. The number of aliphatic hydroxyl groups excluding tert-OH is 1. The van der Waals surface area contributed by atoms with Crippen LogP contribution in [0.2, 0.25) is 0 Å². The molecular formula is C18H23N3O2S. The van der Waals surface area contributed by atoms with Gasteiger partial charge in [0.15, 0.2) is 4.96 Å². The molecule has 1 aromatic carbocycles. The van der Waals surface area contributed by atoms with E-state index in [1.54, 1.807) is 18.4 Å². The minimum Gasteiger partial charge on any atom is -0.497 e. The van der Waals surface area contributed by atoms with Crippen molar-refractivity contribution >= 4 is 16.3 Å². The van der Waals surface area contributed by atoms with Gasteiger partial charge in [0.25, 0.3) is 0 Å². The van der Waals surface area contributed by atoms with Crippen molar-refractivity contribution in [3.63, 3.8) is 0 Å². The van der Waals surface area contributed by atoms with Gasteiger partial charge in [0.1, 0.15) is 5.75 Å². The maximum Gasteiger partial charge on any atom is 0.194 e. The zero-order valence-corrected chi connectivity index (χ0v) is 15.3. The van der Waals surface area contributed by atoms with E-state index in [0.29, 0.717) is 0 Å². The molecule has 2 aromatic heterocycles. The van der Waals surface area contributed by atoms with Crippen molar-refractivity contribution in [2.24, 2.45) is 0 Å². The van der Waals surface area contributed by atoms with Gasteiger partial charge in [-0.2, -0.15) is 0 Å². The molecule has 0 bridgehead atoms. The fraction of sp³-hybridized carbons (Fsp3) is 0.389. The third-order valence-electron chi connectivity index (χ3n) is 4.35. The van der Waals surface area contributed by atoms with Gasteiger partial charge in [0.2, 0.25) is 0 Å². The molecule has 128 valence electrons. The monoisotopic (exact) mass is 345 g/mol. The Bertz CT molecular complexity index is 823. The molecule has 0 aliphatic heterocycles. The minimum absolute atomic E-state index is 0.0620. The molecule has 6 heteroatoms. The largest absolute Gasteiger partial charge is 0.497 e. The average molecular weight is 345 g/mol. The third kappa shape index (κ3) is 3.17. The fourth-order valence-corrected chi connectivity index (χ4v) is 3.86. The van der Waals surface area contributed by atoms with Gasteiger partial charge in [-0.1, -0.05) is 12.1 Å². The van der Waals surface area contributed by atoms with Crippen molar-refractivity contribution in [3.05, 3.63) is 52.3 Å². The molecule has 0 radical (unpaired) electrons. The predicted molar refractivity (Wildman–Crippen MR) is 96.8 cm³/mol. The van der Waals surface area contributed by atoms with E-state index in [0.717, 1.165) is 28.5 Å². The number of rotatable bonds is 6. The number of ether oxygens (including phenoxy) is 1. The quantitative estimate of drug-likeness (QED) is 0.745. The number of hydrogen-bond donors (Lipinski definition) is 1.